The maximum atomic E-state index is 14.5. The van der Waals surface area contributed by atoms with Crippen molar-refractivity contribution in [3.63, 3.8) is 0 Å². The number of phenols is 1. The highest BCUT2D eigenvalue weighted by atomic mass is 32.2. The van der Waals surface area contributed by atoms with E-state index < -0.39 is 173 Å². The van der Waals surface area contributed by atoms with Gasteiger partial charge in [0.2, 0.25) is 65.0 Å². The number of rotatable bonds is 17. The van der Waals surface area contributed by atoms with Crippen molar-refractivity contribution < 1.29 is 66.3 Å². The second-order valence-corrected chi connectivity index (χ2v) is 20.3. The van der Waals surface area contributed by atoms with Gasteiger partial charge in [-0.05, 0) is 61.6 Å². The Bertz CT molecular complexity index is 2230. The van der Waals surface area contributed by atoms with Crippen molar-refractivity contribution >= 4 is 74.8 Å². The number of nitrogens with zero attached hydrogens (tertiary/aromatic N) is 1. The van der Waals surface area contributed by atoms with Gasteiger partial charge in [0.05, 0.1) is 24.5 Å². The lowest BCUT2D eigenvalue weighted by Crippen LogP contribution is -2.61. The molecule has 1 aromatic rings. The first-order valence-corrected chi connectivity index (χ1v) is 24.8. The van der Waals surface area contributed by atoms with Gasteiger partial charge in [0.1, 0.15) is 48.0 Å². The molecule has 14 N–H and O–H groups in total. The van der Waals surface area contributed by atoms with Crippen LogP contribution in [-0.2, 0) is 69.0 Å². The quantitative estimate of drug-likeness (QED) is 0.0707. The summed E-state index contributed by atoms with van der Waals surface area (Å²) in [6.45, 7) is 6.29. The first-order chi connectivity index (χ1) is 32.8. The topological polar surface area (TPSA) is 408 Å². The third kappa shape index (κ3) is 18.6. The van der Waals surface area contributed by atoms with Crippen LogP contribution in [0.1, 0.15) is 91.0 Å². The molecule has 11 amide bonds. The fourth-order valence-corrected chi connectivity index (χ4v) is 9.04. The number of hydrogen-bond acceptors (Lipinski definition) is 14. The Morgan fingerprint density at radius 2 is 1.41 bits per heavy atom. The second kappa shape index (κ2) is 26.8. The van der Waals surface area contributed by atoms with Gasteiger partial charge in [0, 0.05) is 25.8 Å². The van der Waals surface area contributed by atoms with E-state index in [0.29, 0.717) is 12.0 Å². The third-order valence-corrected chi connectivity index (χ3v) is 13.4. The van der Waals surface area contributed by atoms with E-state index in [0.717, 1.165) is 4.90 Å². The van der Waals surface area contributed by atoms with Gasteiger partial charge >= 0.3 is 0 Å². The van der Waals surface area contributed by atoms with Crippen LogP contribution in [0.25, 0.3) is 0 Å². The molecular formula is C44H67N11O14S. The van der Waals surface area contributed by atoms with Gasteiger partial charge < -0.3 is 64.4 Å². The number of aromatic hydroxyl groups is 1. The maximum Gasteiger partial charge on any atom is 0.245 e. The van der Waals surface area contributed by atoms with E-state index >= 15 is 0 Å². The molecule has 2 saturated heterocycles. The number of nitrogens with two attached hydrogens (primary N) is 3. The van der Waals surface area contributed by atoms with E-state index in [1.54, 1.807) is 27.7 Å². The molecule has 2 aliphatic heterocycles. The fourth-order valence-electron chi connectivity index (χ4n) is 7.75. The van der Waals surface area contributed by atoms with Crippen LogP contribution in [0.3, 0.4) is 0 Å². The van der Waals surface area contributed by atoms with Gasteiger partial charge in [0.15, 0.2) is 9.84 Å². The largest absolute Gasteiger partial charge is 0.508 e. The highest BCUT2D eigenvalue weighted by Crippen LogP contribution is 2.21. The molecule has 3 rings (SSSR count). The number of primary amides is 3. The lowest BCUT2D eigenvalue weighted by Gasteiger charge is -2.31. The van der Waals surface area contributed by atoms with E-state index in [-0.39, 0.29) is 43.9 Å². The van der Waals surface area contributed by atoms with Gasteiger partial charge in [-0.2, -0.15) is 0 Å². The Labute approximate surface area is 405 Å². The lowest BCUT2D eigenvalue weighted by atomic mass is 9.96. The number of amides is 11. The summed E-state index contributed by atoms with van der Waals surface area (Å²) in [5.74, 6) is -12.9. The van der Waals surface area contributed by atoms with E-state index in [4.69, 9.17) is 17.2 Å². The number of carbonyl (C=O) groups is 11. The van der Waals surface area contributed by atoms with Gasteiger partial charge in [-0.3, -0.25) is 52.7 Å². The molecule has 0 spiro atoms. The Hall–Kier alpha value is -6.86. The van der Waals surface area contributed by atoms with E-state index in [1.165, 1.54) is 24.3 Å². The summed E-state index contributed by atoms with van der Waals surface area (Å²) in [6, 6.07) is -4.86. The van der Waals surface area contributed by atoms with Crippen molar-refractivity contribution in [3.05, 3.63) is 29.8 Å². The number of benzene rings is 1. The Balaban J connectivity index is 2.09. The summed E-state index contributed by atoms with van der Waals surface area (Å²) in [5, 5.41) is 27.1. The van der Waals surface area contributed by atoms with E-state index in [1.807, 2.05) is 0 Å². The molecular weight excluding hydrogens is 939 g/mol. The molecule has 0 saturated carbocycles. The molecule has 0 unspecified atom stereocenters. The predicted octanol–water partition coefficient (Wildman–Crippen LogP) is -4.12. The fraction of sp³-hybridized carbons (Fsp3) is 0.614. The van der Waals surface area contributed by atoms with Crippen molar-refractivity contribution in [1.29, 1.82) is 0 Å². The van der Waals surface area contributed by atoms with Gasteiger partial charge in [-0.25, -0.2) is 8.42 Å². The van der Waals surface area contributed by atoms with Crippen LogP contribution in [0.5, 0.6) is 5.75 Å². The molecule has 70 heavy (non-hydrogen) atoms. The molecule has 0 bridgehead atoms. The lowest BCUT2D eigenvalue weighted by molar-refractivity contribution is -0.142. The van der Waals surface area contributed by atoms with Crippen molar-refractivity contribution in [1.82, 2.24) is 42.1 Å². The zero-order valence-electron chi connectivity index (χ0n) is 39.7. The van der Waals surface area contributed by atoms with Crippen LogP contribution in [-0.4, -0.2) is 150 Å². The number of nitrogens with one attached hydrogen (secondary N) is 7. The maximum absolute atomic E-state index is 14.5. The summed E-state index contributed by atoms with van der Waals surface area (Å²) in [7, 11) is -4.28. The monoisotopic (exact) mass is 1010 g/mol. The highest BCUT2D eigenvalue weighted by molar-refractivity contribution is 7.91. The van der Waals surface area contributed by atoms with E-state index in [9.17, 15) is 66.3 Å². The molecule has 0 aliphatic carbocycles. The molecule has 1 aromatic carbocycles. The van der Waals surface area contributed by atoms with Crippen LogP contribution < -0.4 is 54.4 Å². The standard InChI is InChI=1S/C44H67N11O14S/c1-5-24(4)37-43(66)50-27(12-13-33(45)57)39(62)52-31(21-34(46)58)40(63)51-28(44(67)55-16-6-7-32(55)42(65)53-29(19-23(2)3)38(61)48-22-35(47)59)14-17-70(68,69)18-15-36(60)49-30(41(64)54-37)20-25-8-10-26(56)11-9-25/h8-11,23-24,27-32,37,56H,5-7,12-22H2,1-4H3,(H2,45,57)(H2,46,58)(H2,47,59)(H,48,61)(H,49,60)(H,50,66)(H,51,63)(H,52,62)(H,53,65)(H,54,64)/t24-,27-,28-,29-,30-,31-,32-,37-/m0/s1. The van der Waals surface area contributed by atoms with Gasteiger partial charge in [0.25, 0.3) is 0 Å². The van der Waals surface area contributed by atoms with Crippen LogP contribution in [0.15, 0.2) is 24.3 Å². The van der Waals surface area contributed by atoms with Crippen LogP contribution in [0, 0.1) is 11.8 Å². The molecule has 388 valence electrons. The predicted molar refractivity (Wildman–Crippen MR) is 249 cm³/mol. The number of likely N-dealkylation sites (tertiary alicyclic amines) is 1. The number of sulfone groups is 1. The summed E-state index contributed by atoms with van der Waals surface area (Å²) in [5.41, 5.74) is 16.5. The minimum atomic E-state index is -4.28. The normalized spacial score (nSPS) is 23.8. The minimum Gasteiger partial charge on any atom is -0.508 e. The van der Waals surface area contributed by atoms with Crippen molar-refractivity contribution in [3.8, 4) is 5.75 Å². The summed E-state index contributed by atoms with van der Waals surface area (Å²) in [4.78, 5) is 148. The summed E-state index contributed by atoms with van der Waals surface area (Å²) >= 11 is 0. The number of hydrogen-bond donors (Lipinski definition) is 11. The Morgan fingerprint density at radius 1 is 0.786 bits per heavy atom. The average Bonchev–Trinajstić information content (AvgIpc) is 3.78. The van der Waals surface area contributed by atoms with Crippen LogP contribution >= 0.6 is 0 Å². The first-order valence-electron chi connectivity index (χ1n) is 23.0. The van der Waals surface area contributed by atoms with Crippen LogP contribution in [0.2, 0.25) is 0 Å². The van der Waals surface area contributed by atoms with Crippen molar-refractivity contribution in [2.45, 2.75) is 134 Å². The molecule has 2 heterocycles. The summed E-state index contributed by atoms with van der Waals surface area (Å²) < 4.78 is 27.2. The zero-order valence-corrected chi connectivity index (χ0v) is 40.6. The first kappa shape index (κ1) is 57.5. The van der Waals surface area contributed by atoms with Gasteiger partial charge in [-0.1, -0.05) is 46.2 Å². The van der Waals surface area contributed by atoms with Crippen LogP contribution in [0.4, 0.5) is 0 Å². The van der Waals surface area contributed by atoms with Gasteiger partial charge in [-0.15, -0.1) is 0 Å². The zero-order chi connectivity index (χ0) is 52.5. The van der Waals surface area contributed by atoms with E-state index in [2.05, 4.69) is 37.2 Å². The Morgan fingerprint density at radius 3 is 2.01 bits per heavy atom. The summed E-state index contributed by atoms with van der Waals surface area (Å²) in [6.07, 6.45) is -2.60. The third-order valence-electron chi connectivity index (χ3n) is 11.8. The van der Waals surface area contributed by atoms with Crippen molar-refractivity contribution in [2.75, 3.05) is 24.6 Å². The number of phenolic OH excluding ortho intramolecular Hbond substituents is 1. The molecule has 2 aliphatic rings. The number of carbonyl (C=O) groups excluding carboxylic acids is 11. The highest BCUT2D eigenvalue weighted by Gasteiger charge is 2.41. The molecule has 8 atom stereocenters. The smallest absolute Gasteiger partial charge is 0.245 e. The Kier molecular flexibility index (Phi) is 22.0. The van der Waals surface area contributed by atoms with Crippen molar-refractivity contribution in [2.24, 2.45) is 29.0 Å². The minimum absolute atomic E-state index is 0.0713. The molecule has 0 radical (unpaired) electrons. The second-order valence-electron chi connectivity index (χ2n) is 18.0. The SMILES string of the molecule is CC[C@H](C)[C@@H]1NC(=O)[C@H](Cc2ccc(O)cc2)NC(=O)CCS(=O)(=O)CC[C@@H](C(=O)N2CCC[C@H]2C(=O)N[C@@H](CC(C)C)C(=O)NCC(N)=O)NC(=O)[C@H](CC(N)=O)NC(=O)[C@H](CCC(N)=O)NC1=O. The molecule has 0 aromatic heterocycles. The molecule has 2 fully saturated rings. The molecule has 25 nitrogen and oxygen atoms in total. The molecule has 26 heteroatoms. The average molecular weight is 1010 g/mol.